The van der Waals surface area contributed by atoms with Crippen LogP contribution in [0.2, 0.25) is 0 Å². The Bertz CT molecular complexity index is 469. The van der Waals surface area contributed by atoms with Crippen LogP contribution < -0.4 is 10.2 Å². The number of carbonyl (C=O) groups excluding carboxylic acids is 1. The van der Waals surface area contributed by atoms with Crippen LogP contribution in [-0.4, -0.2) is 41.2 Å². The van der Waals surface area contributed by atoms with Gasteiger partial charge in [0.1, 0.15) is 5.82 Å². The highest BCUT2D eigenvalue weighted by Crippen LogP contribution is 2.15. The number of aromatic nitrogens is 1. The Kier molecular flexibility index (Phi) is 6.81. The van der Waals surface area contributed by atoms with Crippen LogP contribution in [0.15, 0.2) is 18.3 Å². The molecule has 1 aromatic heterocycles. The molecule has 0 spiro atoms. The van der Waals surface area contributed by atoms with Crippen LogP contribution in [0, 0.1) is 5.92 Å². The second-order valence-corrected chi connectivity index (χ2v) is 6.18. The molecule has 124 valence electrons. The second kappa shape index (κ2) is 8.13. The zero-order valence-electron chi connectivity index (χ0n) is 14.4. The first kappa shape index (κ1) is 18.4. The maximum absolute atomic E-state index is 12.1. The lowest BCUT2D eigenvalue weighted by Crippen LogP contribution is -2.44. The number of nitrogens with one attached hydrogen (secondary N) is 1. The molecule has 0 aliphatic rings. The lowest BCUT2D eigenvalue weighted by molar-refractivity contribution is 0.0142. The number of carbonyl (C=O) groups is 1. The van der Waals surface area contributed by atoms with Crippen LogP contribution in [0.25, 0.3) is 0 Å². The highest BCUT2D eigenvalue weighted by molar-refractivity contribution is 5.94. The molecule has 0 radical (unpaired) electrons. The molecule has 1 rings (SSSR count). The fourth-order valence-electron chi connectivity index (χ4n) is 1.98. The summed E-state index contributed by atoms with van der Waals surface area (Å²) in [6, 6.07) is 3.65. The van der Waals surface area contributed by atoms with Crippen LogP contribution in [0.5, 0.6) is 0 Å². The van der Waals surface area contributed by atoms with Crippen molar-refractivity contribution in [2.24, 2.45) is 5.92 Å². The molecule has 22 heavy (non-hydrogen) atoms. The van der Waals surface area contributed by atoms with Crippen molar-refractivity contribution in [3.8, 4) is 0 Å². The Labute approximate surface area is 133 Å². The summed E-state index contributed by atoms with van der Waals surface area (Å²) in [5, 5.41) is 12.9. The summed E-state index contributed by atoms with van der Waals surface area (Å²) in [6.45, 7) is 11.9. The molecule has 0 saturated heterocycles. The van der Waals surface area contributed by atoms with Gasteiger partial charge in [-0.25, -0.2) is 4.98 Å². The minimum atomic E-state index is -0.914. The molecule has 1 aromatic rings. The molecule has 1 heterocycles. The van der Waals surface area contributed by atoms with E-state index in [1.807, 2.05) is 19.9 Å². The van der Waals surface area contributed by atoms with E-state index in [1.165, 1.54) is 0 Å². The van der Waals surface area contributed by atoms with Gasteiger partial charge in [0.25, 0.3) is 5.91 Å². The van der Waals surface area contributed by atoms with Crippen molar-refractivity contribution in [2.45, 2.75) is 46.6 Å². The predicted molar refractivity (Wildman–Crippen MR) is 90.2 cm³/mol. The molecule has 0 aliphatic carbocycles. The third-order valence-electron chi connectivity index (χ3n) is 4.06. The van der Waals surface area contributed by atoms with E-state index in [0.717, 1.165) is 25.3 Å². The van der Waals surface area contributed by atoms with Crippen LogP contribution >= 0.6 is 0 Å². The molecule has 1 unspecified atom stereocenters. The summed E-state index contributed by atoms with van der Waals surface area (Å²) in [6.07, 6.45) is 2.65. The third kappa shape index (κ3) is 4.98. The van der Waals surface area contributed by atoms with Crippen molar-refractivity contribution < 1.29 is 9.90 Å². The Morgan fingerprint density at radius 3 is 2.55 bits per heavy atom. The first-order chi connectivity index (χ1) is 10.3. The van der Waals surface area contributed by atoms with E-state index >= 15 is 0 Å². The van der Waals surface area contributed by atoms with Gasteiger partial charge in [0, 0.05) is 25.8 Å². The van der Waals surface area contributed by atoms with Gasteiger partial charge < -0.3 is 15.3 Å². The minimum Gasteiger partial charge on any atom is -0.388 e. The molecule has 0 aliphatic heterocycles. The number of hydrogen-bond acceptors (Lipinski definition) is 4. The fourth-order valence-corrected chi connectivity index (χ4v) is 1.98. The Morgan fingerprint density at radius 2 is 2.09 bits per heavy atom. The van der Waals surface area contributed by atoms with E-state index < -0.39 is 5.60 Å². The van der Waals surface area contributed by atoms with Gasteiger partial charge >= 0.3 is 0 Å². The van der Waals surface area contributed by atoms with Crippen LogP contribution in [0.3, 0.4) is 0 Å². The van der Waals surface area contributed by atoms with E-state index in [1.54, 1.807) is 19.2 Å². The highest BCUT2D eigenvalue weighted by atomic mass is 16.3. The summed E-state index contributed by atoms with van der Waals surface area (Å²) in [5.74, 6) is 0.744. The standard InChI is InChI=1S/C17H29N3O2/c1-6-10-20(7-2)15-9-8-14(11-18-15)16(21)19-12-17(5,22)13(3)4/h8-9,11,13,22H,6-7,10,12H2,1-5H3,(H,19,21). The normalized spacial score (nSPS) is 13.8. The second-order valence-electron chi connectivity index (χ2n) is 6.18. The lowest BCUT2D eigenvalue weighted by atomic mass is 9.92. The number of amides is 1. The van der Waals surface area contributed by atoms with Gasteiger partial charge in [0.05, 0.1) is 11.2 Å². The molecule has 5 heteroatoms. The molecule has 5 nitrogen and oxygen atoms in total. The summed E-state index contributed by atoms with van der Waals surface area (Å²) >= 11 is 0. The van der Waals surface area contributed by atoms with Gasteiger partial charge in [-0.3, -0.25) is 4.79 Å². The Morgan fingerprint density at radius 1 is 1.41 bits per heavy atom. The number of hydrogen-bond donors (Lipinski definition) is 2. The molecule has 0 fully saturated rings. The first-order valence-electron chi connectivity index (χ1n) is 8.03. The summed E-state index contributed by atoms with van der Waals surface area (Å²) in [7, 11) is 0. The largest absolute Gasteiger partial charge is 0.388 e. The number of nitrogens with zero attached hydrogens (tertiary/aromatic N) is 2. The average Bonchev–Trinajstić information content (AvgIpc) is 2.50. The molecule has 0 aromatic carbocycles. The van der Waals surface area contributed by atoms with Crippen LogP contribution in [0.1, 0.15) is 51.4 Å². The van der Waals surface area contributed by atoms with Crippen LogP contribution in [0.4, 0.5) is 5.82 Å². The van der Waals surface area contributed by atoms with Crippen molar-refractivity contribution in [3.05, 3.63) is 23.9 Å². The summed E-state index contributed by atoms with van der Waals surface area (Å²) in [4.78, 5) is 18.7. The van der Waals surface area contributed by atoms with Crippen molar-refractivity contribution in [1.82, 2.24) is 10.3 Å². The zero-order valence-corrected chi connectivity index (χ0v) is 14.4. The highest BCUT2D eigenvalue weighted by Gasteiger charge is 2.25. The predicted octanol–water partition coefficient (Wildman–Crippen LogP) is 2.45. The minimum absolute atomic E-state index is 0.0699. The van der Waals surface area contributed by atoms with Gasteiger partial charge in [0.2, 0.25) is 0 Å². The molecule has 1 atom stereocenters. The van der Waals surface area contributed by atoms with Crippen LogP contribution in [-0.2, 0) is 0 Å². The van der Waals surface area contributed by atoms with E-state index in [2.05, 4.69) is 29.0 Å². The van der Waals surface area contributed by atoms with Crippen molar-refractivity contribution >= 4 is 11.7 Å². The van der Waals surface area contributed by atoms with E-state index in [9.17, 15) is 9.90 Å². The van der Waals surface area contributed by atoms with Gasteiger partial charge in [-0.1, -0.05) is 20.8 Å². The fraction of sp³-hybridized carbons (Fsp3) is 0.647. The zero-order chi connectivity index (χ0) is 16.8. The van der Waals surface area contributed by atoms with Crippen molar-refractivity contribution in [2.75, 3.05) is 24.5 Å². The Balaban J connectivity index is 2.68. The maximum Gasteiger partial charge on any atom is 0.252 e. The molecular weight excluding hydrogens is 278 g/mol. The first-order valence-corrected chi connectivity index (χ1v) is 8.03. The number of rotatable bonds is 8. The number of aliphatic hydroxyl groups is 1. The summed E-state index contributed by atoms with van der Waals surface area (Å²) < 4.78 is 0. The molecule has 0 saturated carbocycles. The lowest BCUT2D eigenvalue weighted by Gasteiger charge is -2.27. The van der Waals surface area contributed by atoms with Crippen molar-refractivity contribution in [1.29, 1.82) is 0 Å². The molecule has 2 N–H and O–H groups in total. The number of anilines is 1. The number of pyridine rings is 1. The molecule has 1 amide bonds. The SMILES string of the molecule is CCCN(CC)c1ccc(C(=O)NCC(C)(O)C(C)C)cn1. The third-order valence-corrected chi connectivity index (χ3v) is 4.06. The van der Waals surface area contributed by atoms with E-state index in [4.69, 9.17) is 0 Å². The topological polar surface area (TPSA) is 65.5 Å². The van der Waals surface area contributed by atoms with Gasteiger partial charge in [0.15, 0.2) is 0 Å². The van der Waals surface area contributed by atoms with E-state index in [-0.39, 0.29) is 18.4 Å². The smallest absolute Gasteiger partial charge is 0.252 e. The Hall–Kier alpha value is -1.62. The molecular formula is C17H29N3O2. The quantitative estimate of drug-likeness (QED) is 0.774. The monoisotopic (exact) mass is 307 g/mol. The summed E-state index contributed by atoms with van der Waals surface area (Å²) in [5.41, 5.74) is -0.403. The van der Waals surface area contributed by atoms with Gasteiger partial charge in [-0.2, -0.15) is 0 Å². The average molecular weight is 307 g/mol. The molecule has 0 bridgehead atoms. The van der Waals surface area contributed by atoms with E-state index in [0.29, 0.717) is 5.56 Å². The van der Waals surface area contributed by atoms with Gasteiger partial charge in [-0.05, 0) is 38.3 Å². The van der Waals surface area contributed by atoms with Crippen molar-refractivity contribution in [3.63, 3.8) is 0 Å². The maximum atomic E-state index is 12.1. The van der Waals surface area contributed by atoms with Gasteiger partial charge in [-0.15, -0.1) is 0 Å².